The molecule has 2 heteroatoms. The van der Waals surface area contributed by atoms with Gasteiger partial charge in [0.25, 0.3) is 0 Å². The van der Waals surface area contributed by atoms with Crippen LogP contribution in [0.15, 0.2) is 0 Å². The quantitative estimate of drug-likeness (QED) is 0.250. The van der Waals surface area contributed by atoms with Crippen molar-refractivity contribution in [1.82, 2.24) is 0 Å². The molecule has 0 fully saturated rings. The Balaban J connectivity index is 2.93. The third-order valence-corrected chi connectivity index (χ3v) is 3.73. The number of halogens is 1. The number of hydrogen-bond acceptors (Lipinski definition) is 1. The lowest BCUT2D eigenvalue weighted by molar-refractivity contribution is -0.129. The Kier molecular flexibility index (Phi) is 15.3. The maximum Gasteiger partial charge on any atom is 0.301 e. The second-order valence-corrected chi connectivity index (χ2v) is 5.70. The molecule has 0 aliphatic rings. The molecule has 0 saturated carbocycles. The first-order valence-corrected chi connectivity index (χ1v) is 8.45. The molecule has 0 aliphatic carbocycles. The molecule has 0 spiro atoms. The Morgan fingerprint density at radius 2 is 0.947 bits per heavy atom. The molecule has 0 heterocycles. The summed E-state index contributed by atoms with van der Waals surface area (Å²) in [7, 11) is 0. The van der Waals surface area contributed by atoms with Crippen LogP contribution in [0.4, 0.5) is 4.39 Å². The van der Waals surface area contributed by atoms with Gasteiger partial charge in [-0.1, -0.05) is 90.4 Å². The lowest BCUT2D eigenvalue weighted by Crippen LogP contribution is -1.87. The summed E-state index contributed by atoms with van der Waals surface area (Å²) in [6.07, 6.45) is 18.1. The fraction of sp³-hybridized carbons (Fsp3) is 0.941. The molecule has 0 unspecified atom stereocenters. The highest BCUT2D eigenvalue weighted by Crippen LogP contribution is 2.13. The van der Waals surface area contributed by atoms with Gasteiger partial charge in [0.15, 0.2) is 0 Å². The summed E-state index contributed by atoms with van der Waals surface area (Å²) in [5, 5.41) is 0. The van der Waals surface area contributed by atoms with Crippen LogP contribution in [0.5, 0.6) is 0 Å². The first kappa shape index (κ1) is 18.6. The van der Waals surface area contributed by atoms with E-state index in [1.807, 2.05) is 0 Å². The Bertz CT molecular complexity index is 192. The normalized spacial score (nSPS) is 10.8. The SMILES string of the molecule is CCCCCCCCCCCCCCCCC(=O)F. The maximum atomic E-state index is 11.9. The van der Waals surface area contributed by atoms with E-state index in [-0.39, 0.29) is 6.42 Å². The summed E-state index contributed by atoms with van der Waals surface area (Å²) < 4.78 is 11.9. The zero-order valence-electron chi connectivity index (χ0n) is 12.9. The lowest BCUT2D eigenvalue weighted by atomic mass is 10.0. The minimum Gasteiger partial charge on any atom is -0.261 e. The Labute approximate surface area is 119 Å². The number of carbonyl (C=O) groups excluding carboxylic acids is 1. The van der Waals surface area contributed by atoms with E-state index in [2.05, 4.69) is 6.92 Å². The van der Waals surface area contributed by atoms with Gasteiger partial charge in [-0.3, -0.25) is 4.79 Å². The van der Waals surface area contributed by atoms with Gasteiger partial charge < -0.3 is 0 Å². The fourth-order valence-corrected chi connectivity index (χ4v) is 2.46. The van der Waals surface area contributed by atoms with E-state index < -0.39 is 6.04 Å². The van der Waals surface area contributed by atoms with Gasteiger partial charge in [-0.25, -0.2) is 0 Å². The molecule has 0 aromatic rings. The summed E-state index contributed by atoms with van der Waals surface area (Å²) in [6.45, 7) is 2.26. The molecule has 0 aromatic carbocycles. The average Bonchev–Trinajstić information content (AvgIpc) is 2.39. The van der Waals surface area contributed by atoms with Gasteiger partial charge in [-0.15, -0.1) is 0 Å². The monoisotopic (exact) mass is 272 g/mol. The summed E-state index contributed by atoms with van der Waals surface area (Å²) >= 11 is 0. The van der Waals surface area contributed by atoms with Crippen LogP contribution in [0.2, 0.25) is 0 Å². The van der Waals surface area contributed by atoms with Crippen LogP contribution >= 0.6 is 0 Å². The van der Waals surface area contributed by atoms with E-state index in [0.29, 0.717) is 0 Å². The zero-order chi connectivity index (χ0) is 14.2. The Morgan fingerprint density at radius 1 is 0.632 bits per heavy atom. The molecular formula is C17H33FO. The molecule has 0 amide bonds. The molecule has 0 aromatic heterocycles. The van der Waals surface area contributed by atoms with Crippen molar-refractivity contribution in [1.29, 1.82) is 0 Å². The fourth-order valence-electron chi connectivity index (χ4n) is 2.46. The van der Waals surface area contributed by atoms with Gasteiger partial charge in [-0.05, 0) is 6.42 Å². The molecular weight excluding hydrogens is 239 g/mol. The van der Waals surface area contributed by atoms with Crippen LogP contribution in [0.3, 0.4) is 0 Å². The Morgan fingerprint density at radius 3 is 1.26 bits per heavy atom. The van der Waals surface area contributed by atoms with E-state index in [1.165, 1.54) is 70.6 Å². The van der Waals surface area contributed by atoms with E-state index in [9.17, 15) is 9.18 Å². The number of hydrogen-bond donors (Lipinski definition) is 0. The third-order valence-electron chi connectivity index (χ3n) is 3.73. The van der Waals surface area contributed by atoms with Crippen molar-refractivity contribution in [2.75, 3.05) is 0 Å². The second kappa shape index (κ2) is 15.7. The predicted octanol–water partition coefficient (Wildman–Crippen LogP) is 6.35. The standard InChI is InChI=1S/C17H33FO/c1-2-3-4-5-6-7-8-9-10-11-12-13-14-15-16-17(18)19/h2-16H2,1H3. The largest absolute Gasteiger partial charge is 0.301 e. The van der Waals surface area contributed by atoms with Crippen LogP contribution in [0, 0.1) is 0 Å². The van der Waals surface area contributed by atoms with E-state index in [4.69, 9.17) is 0 Å². The highest BCUT2D eigenvalue weighted by Gasteiger charge is 1.97. The Hall–Kier alpha value is -0.400. The molecule has 19 heavy (non-hydrogen) atoms. The van der Waals surface area contributed by atoms with Crippen LogP contribution < -0.4 is 0 Å². The lowest BCUT2D eigenvalue weighted by Gasteiger charge is -2.02. The van der Waals surface area contributed by atoms with Crippen molar-refractivity contribution in [2.45, 2.75) is 103 Å². The van der Waals surface area contributed by atoms with Crippen molar-refractivity contribution >= 4 is 6.04 Å². The van der Waals surface area contributed by atoms with Gasteiger partial charge >= 0.3 is 6.04 Å². The highest BCUT2D eigenvalue weighted by molar-refractivity contribution is 5.67. The second-order valence-electron chi connectivity index (χ2n) is 5.70. The van der Waals surface area contributed by atoms with E-state index in [0.717, 1.165) is 19.3 Å². The smallest absolute Gasteiger partial charge is 0.261 e. The third kappa shape index (κ3) is 17.6. The van der Waals surface area contributed by atoms with Crippen molar-refractivity contribution in [3.05, 3.63) is 0 Å². The topological polar surface area (TPSA) is 17.1 Å². The molecule has 0 N–H and O–H groups in total. The molecule has 0 saturated heterocycles. The average molecular weight is 272 g/mol. The summed E-state index contributed by atoms with van der Waals surface area (Å²) in [6, 6.07) is -1.15. The first-order valence-electron chi connectivity index (χ1n) is 8.45. The van der Waals surface area contributed by atoms with Gasteiger partial charge in [0, 0.05) is 6.42 Å². The van der Waals surface area contributed by atoms with Crippen LogP contribution in [0.25, 0.3) is 0 Å². The van der Waals surface area contributed by atoms with Crippen molar-refractivity contribution < 1.29 is 9.18 Å². The molecule has 0 bridgehead atoms. The molecule has 0 rings (SSSR count). The maximum absolute atomic E-state index is 11.9. The number of unbranched alkanes of at least 4 members (excludes halogenated alkanes) is 13. The van der Waals surface area contributed by atoms with Gasteiger partial charge in [0.2, 0.25) is 0 Å². The molecule has 1 nitrogen and oxygen atoms in total. The van der Waals surface area contributed by atoms with E-state index >= 15 is 0 Å². The van der Waals surface area contributed by atoms with Gasteiger partial charge in [-0.2, -0.15) is 4.39 Å². The minimum atomic E-state index is -1.15. The summed E-state index contributed by atoms with van der Waals surface area (Å²) in [5.74, 6) is 0. The van der Waals surface area contributed by atoms with Crippen molar-refractivity contribution in [3.8, 4) is 0 Å². The zero-order valence-corrected chi connectivity index (χ0v) is 12.9. The summed E-state index contributed by atoms with van der Waals surface area (Å²) in [5.41, 5.74) is 0. The first-order chi connectivity index (χ1) is 9.27. The van der Waals surface area contributed by atoms with Crippen LogP contribution in [-0.2, 0) is 4.79 Å². The molecule has 0 aliphatic heterocycles. The molecule has 0 atom stereocenters. The molecule has 114 valence electrons. The number of carbonyl (C=O) groups is 1. The van der Waals surface area contributed by atoms with Crippen molar-refractivity contribution in [2.24, 2.45) is 0 Å². The van der Waals surface area contributed by atoms with Crippen LogP contribution in [0.1, 0.15) is 103 Å². The van der Waals surface area contributed by atoms with Crippen LogP contribution in [-0.4, -0.2) is 6.04 Å². The summed E-state index contributed by atoms with van der Waals surface area (Å²) in [4.78, 5) is 10.1. The predicted molar refractivity (Wildman–Crippen MR) is 81.0 cm³/mol. The number of rotatable bonds is 15. The van der Waals surface area contributed by atoms with Gasteiger partial charge in [0.05, 0.1) is 0 Å². The molecule has 0 radical (unpaired) electrons. The minimum absolute atomic E-state index is 0.123. The van der Waals surface area contributed by atoms with Crippen molar-refractivity contribution in [3.63, 3.8) is 0 Å². The van der Waals surface area contributed by atoms with E-state index in [1.54, 1.807) is 0 Å². The highest BCUT2D eigenvalue weighted by atomic mass is 19.1. The van der Waals surface area contributed by atoms with Gasteiger partial charge in [0.1, 0.15) is 0 Å².